The zero-order valence-corrected chi connectivity index (χ0v) is 15.3. The standard InChI is InChI=1S/C6H2Br4O.C6H6O/c7-3-1-6(9,10)2-4(8)5(3)11;7-6-4-2-1-3-5-6/h1-2H;1-5,7H. The van der Waals surface area contributed by atoms with Crippen molar-refractivity contribution < 1.29 is 9.90 Å². The smallest absolute Gasteiger partial charge is 0.206 e. The SMILES string of the molecule is O=C1C(Br)=CC(Br)(Br)C=C1Br.Oc1ccccc1. The van der Waals surface area contributed by atoms with E-state index in [1.54, 1.807) is 36.4 Å². The van der Waals surface area contributed by atoms with Gasteiger partial charge in [-0.1, -0.05) is 50.1 Å². The molecule has 1 aromatic rings. The molecule has 0 unspecified atom stereocenters. The normalized spacial score (nSPS) is 17.2. The van der Waals surface area contributed by atoms with Crippen LogP contribution in [-0.2, 0) is 4.79 Å². The van der Waals surface area contributed by atoms with Crippen LogP contribution in [0.25, 0.3) is 0 Å². The van der Waals surface area contributed by atoms with Crippen LogP contribution in [0.4, 0.5) is 0 Å². The summed E-state index contributed by atoms with van der Waals surface area (Å²) in [6, 6.07) is 8.71. The number of ketones is 1. The summed E-state index contributed by atoms with van der Waals surface area (Å²) >= 11 is 13.0. The predicted octanol–water partition coefficient (Wildman–Crippen LogP) is 5.01. The first-order valence-corrected chi connectivity index (χ1v) is 7.92. The number of hydrogen-bond donors (Lipinski definition) is 1. The molecule has 2 rings (SSSR count). The number of para-hydroxylation sites is 1. The minimum absolute atomic E-state index is 0.0421. The van der Waals surface area contributed by atoms with Gasteiger partial charge >= 0.3 is 0 Å². The van der Waals surface area contributed by atoms with E-state index in [0.29, 0.717) is 14.7 Å². The summed E-state index contributed by atoms with van der Waals surface area (Å²) < 4.78 is 0.673. The average Bonchev–Trinajstić information content (AvgIpc) is 2.26. The Labute approximate surface area is 139 Å². The molecule has 6 heteroatoms. The zero-order valence-electron chi connectivity index (χ0n) is 8.91. The van der Waals surface area contributed by atoms with Gasteiger partial charge in [0, 0.05) is 0 Å². The number of carbonyl (C=O) groups excluding carboxylic acids is 1. The molecule has 0 aromatic heterocycles. The molecule has 0 saturated carbocycles. The number of halogens is 4. The van der Waals surface area contributed by atoms with Gasteiger partial charge in [-0.05, 0) is 56.1 Å². The van der Waals surface area contributed by atoms with Crippen LogP contribution in [0, 0.1) is 0 Å². The van der Waals surface area contributed by atoms with E-state index in [2.05, 4.69) is 63.7 Å². The molecule has 0 saturated heterocycles. The van der Waals surface area contributed by atoms with Crippen molar-refractivity contribution >= 4 is 69.5 Å². The second kappa shape index (κ2) is 7.03. The Morgan fingerprint density at radius 2 is 1.39 bits per heavy atom. The van der Waals surface area contributed by atoms with Crippen LogP contribution in [0.3, 0.4) is 0 Å². The zero-order chi connectivity index (χ0) is 13.8. The van der Waals surface area contributed by atoms with E-state index in [1.165, 1.54) is 0 Å². The molecular formula is C12H8Br4O2. The molecule has 96 valence electrons. The molecule has 1 N–H and O–H groups in total. The highest BCUT2D eigenvalue weighted by Crippen LogP contribution is 2.39. The number of hydrogen-bond acceptors (Lipinski definition) is 2. The lowest BCUT2D eigenvalue weighted by Crippen LogP contribution is -2.13. The largest absolute Gasteiger partial charge is 0.508 e. The van der Waals surface area contributed by atoms with Crippen LogP contribution in [0.15, 0.2) is 51.4 Å². The Morgan fingerprint density at radius 1 is 0.944 bits per heavy atom. The van der Waals surface area contributed by atoms with Crippen LogP contribution in [0.1, 0.15) is 0 Å². The van der Waals surface area contributed by atoms with E-state index >= 15 is 0 Å². The Kier molecular flexibility index (Phi) is 6.30. The first kappa shape index (κ1) is 16.1. The van der Waals surface area contributed by atoms with E-state index in [9.17, 15) is 4.79 Å². The molecule has 0 atom stereocenters. The maximum absolute atomic E-state index is 11.1. The Hall–Kier alpha value is 0.0900. The average molecular weight is 504 g/mol. The van der Waals surface area contributed by atoms with Crippen molar-refractivity contribution in [2.24, 2.45) is 0 Å². The summed E-state index contributed by atoms with van der Waals surface area (Å²) in [7, 11) is 0. The second-order valence-corrected chi connectivity index (χ2v) is 8.72. The number of alkyl halides is 2. The molecule has 1 aliphatic carbocycles. The van der Waals surface area contributed by atoms with Gasteiger partial charge in [-0.25, -0.2) is 0 Å². The minimum atomic E-state index is -0.411. The number of allylic oxidation sites excluding steroid dienone is 4. The maximum Gasteiger partial charge on any atom is 0.206 e. The predicted molar refractivity (Wildman–Crippen MR) is 87.7 cm³/mol. The summed E-state index contributed by atoms with van der Waals surface area (Å²) in [4.78, 5) is 11.1. The molecule has 0 aliphatic heterocycles. The highest BCUT2D eigenvalue weighted by atomic mass is 79.9. The van der Waals surface area contributed by atoms with Crippen molar-refractivity contribution in [3.63, 3.8) is 0 Å². The third-order valence-electron chi connectivity index (χ3n) is 1.83. The quantitative estimate of drug-likeness (QED) is 0.506. The highest BCUT2D eigenvalue weighted by Gasteiger charge is 2.27. The third kappa shape index (κ3) is 5.38. The van der Waals surface area contributed by atoms with Crippen LogP contribution in [0.2, 0.25) is 0 Å². The number of phenolic OH excluding ortho intramolecular Hbond substituents is 1. The minimum Gasteiger partial charge on any atom is -0.508 e. The fourth-order valence-electron chi connectivity index (χ4n) is 1.05. The van der Waals surface area contributed by atoms with E-state index in [0.717, 1.165) is 0 Å². The van der Waals surface area contributed by atoms with Crippen molar-refractivity contribution in [3.05, 3.63) is 51.4 Å². The molecule has 2 nitrogen and oxygen atoms in total. The van der Waals surface area contributed by atoms with Crippen LogP contribution in [0.5, 0.6) is 5.75 Å². The van der Waals surface area contributed by atoms with Gasteiger partial charge in [-0.2, -0.15) is 0 Å². The molecule has 18 heavy (non-hydrogen) atoms. The van der Waals surface area contributed by atoms with Crippen molar-refractivity contribution in [3.8, 4) is 5.75 Å². The number of aromatic hydroxyl groups is 1. The number of benzene rings is 1. The lowest BCUT2D eigenvalue weighted by atomic mass is 10.2. The van der Waals surface area contributed by atoms with Crippen LogP contribution < -0.4 is 0 Å². The second-order valence-electron chi connectivity index (χ2n) is 3.32. The first-order chi connectivity index (χ1) is 8.32. The molecule has 1 aromatic carbocycles. The molecule has 0 fully saturated rings. The van der Waals surface area contributed by atoms with Gasteiger partial charge in [0.05, 0.1) is 8.96 Å². The Morgan fingerprint density at radius 3 is 1.72 bits per heavy atom. The topological polar surface area (TPSA) is 37.3 Å². The summed E-state index contributed by atoms with van der Waals surface area (Å²) in [5, 5.41) is 8.63. The van der Waals surface area contributed by atoms with Gasteiger partial charge in [0.2, 0.25) is 5.78 Å². The van der Waals surface area contributed by atoms with Crippen LogP contribution >= 0.6 is 63.7 Å². The van der Waals surface area contributed by atoms with E-state index in [4.69, 9.17) is 5.11 Å². The monoisotopic (exact) mass is 500 g/mol. The first-order valence-electron chi connectivity index (χ1n) is 4.75. The Balaban J connectivity index is 0.000000199. The van der Waals surface area contributed by atoms with Crippen molar-refractivity contribution in [1.82, 2.24) is 0 Å². The van der Waals surface area contributed by atoms with Gasteiger partial charge in [-0.3, -0.25) is 4.79 Å². The molecule has 0 bridgehead atoms. The van der Waals surface area contributed by atoms with Gasteiger partial charge in [-0.15, -0.1) is 0 Å². The summed E-state index contributed by atoms with van der Waals surface area (Å²) in [6.45, 7) is 0. The highest BCUT2D eigenvalue weighted by molar-refractivity contribution is 9.25. The molecule has 0 radical (unpaired) electrons. The van der Waals surface area contributed by atoms with Gasteiger partial charge < -0.3 is 5.11 Å². The van der Waals surface area contributed by atoms with Gasteiger partial charge in [0.1, 0.15) is 8.98 Å². The van der Waals surface area contributed by atoms with Crippen molar-refractivity contribution in [2.75, 3.05) is 0 Å². The molecule has 0 amide bonds. The number of phenols is 1. The van der Waals surface area contributed by atoms with Gasteiger partial charge in [0.15, 0.2) is 0 Å². The number of Topliss-reactive ketones (excluding diaryl/α,β-unsaturated/α-hetero) is 1. The lowest BCUT2D eigenvalue weighted by molar-refractivity contribution is -0.111. The molecular weight excluding hydrogens is 496 g/mol. The maximum atomic E-state index is 11.1. The van der Waals surface area contributed by atoms with Crippen LogP contribution in [-0.4, -0.2) is 14.1 Å². The van der Waals surface area contributed by atoms with Gasteiger partial charge in [0.25, 0.3) is 0 Å². The van der Waals surface area contributed by atoms with Crippen molar-refractivity contribution in [2.45, 2.75) is 3.23 Å². The third-order valence-corrected chi connectivity index (χ3v) is 3.92. The number of rotatable bonds is 0. The summed E-state index contributed by atoms with van der Waals surface area (Å²) in [6.07, 6.45) is 3.47. The van der Waals surface area contributed by atoms with E-state index in [1.807, 2.05) is 6.07 Å². The van der Waals surface area contributed by atoms with E-state index in [-0.39, 0.29) is 5.78 Å². The number of carbonyl (C=O) groups is 1. The molecule has 1 aliphatic rings. The fourth-order valence-corrected chi connectivity index (χ4v) is 4.61. The van der Waals surface area contributed by atoms with Crippen molar-refractivity contribution in [1.29, 1.82) is 0 Å². The van der Waals surface area contributed by atoms with E-state index < -0.39 is 3.23 Å². The summed E-state index contributed by atoms with van der Waals surface area (Å²) in [5.41, 5.74) is 0. The lowest BCUT2D eigenvalue weighted by Gasteiger charge is -2.16. The fraction of sp³-hybridized carbons (Fsp3) is 0.0833. The summed E-state index contributed by atoms with van der Waals surface area (Å²) in [5.74, 6) is 0.280. The molecule has 0 heterocycles. The Bertz CT molecular complexity index is 468. The molecule has 0 spiro atoms.